The molecule has 0 amide bonds. The summed E-state index contributed by atoms with van der Waals surface area (Å²) in [6.07, 6.45) is 5.56. The number of pyridine rings is 1. The van der Waals surface area contributed by atoms with Gasteiger partial charge < -0.3 is 10.5 Å². The van der Waals surface area contributed by atoms with Crippen LogP contribution in [0.2, 0.25) is 0 Å². The number of nitrogens with one attached hydrogen (secondary N) is 1. The van der Waals surface area contributed by atoms with E-state index < -0.39 is 0 Å². The minimum atomic E-state index is -0.0310. The van der Waals surface area contributed by atoms with Crippen LogP contribution in [0.1, 0.15) is 25.0 Å². The van der Waals surface area contributed by atoms with Crippen molar-refractivity contribution >= 4 is 5.84 Å². The Hall–Kier alpha value is -1.62. The third-order valence-corrected chi connectivity index (χ3v) is 3.13. The second-order valence-corrected chi connectivity index (χ2v) is 4.54. The van der Waals surface area contributed by atoms with Crippen molar-refractivity contribution in [2.75, 3.05) is 26.2 Å². The van der Waals surface area contributed by atoms with Crippen LogP contribution < -0.4 is 10.5 Å². The molecule has 1 aliphatic rings. The largest absolute Gasteiger partial charge is 0.492 e. The Labute approximate surface area is 107 Å². The molecule has 0 aromatic carbocycles. The standard InChI is InChI=1S/C13H20N4O/c14-13(15)12-10-11(4-5-16-12)18-9-8-17-6-2-1-3-7-17/h4-5,10H,1-3,6-9H2,(H3,14,15). The maximum Gasteiger partial charge on any atom is 0.141 e. The number of likely N-dealkylation sites (tertiary alicyclic amines) is 1. The lowest BCUT2D eigenvalue weighted by atomic mass is 10.1. The molecule has 0 unspecified atom stereocenters. The molecule has 18 heavy (non-hydrogen) atoms. The van der Waals surface area contributed by atoms with Crippen molar-refractivity contribution in [3.8, 4) is 5.75 Å². The monoisotopic (exact) mass is 248 g/mol. The summed E-state index contributed by atoms with van der Waals surface area (Å²) >= 11 is 0. The highest BCUT2D eigenvalue weighted by Gasteiger charge is 2.09. The van der Waals surface area contributed by atoms with Crippen LogP contribution in [0.3, 0.4) is 0 Å². The lowest BCUT2D eigenvalue weighted by Gasteiger charge is -2.26. The number of nitrogens with zero attached hydrogens (tertiary/aromatic N) is 2. The molecule has 0 saturated carbocycles. The van der Waals surface area contributed by atoms with Gasteiger partial charge in [0.2, 0.25) is 0 Å². The molecule has 5 nitrogen and oxygen atoms in total. The molecule has 1 aromatic rings. The Morgan fingerprint density at radius 2 is 2.17 bits per heavy atom. The molecule has 2 heterocycles. The highest BCUT2D eigenvalue weighted by Crippen LogP contribution is 2.12. The molecular weight excluding hydrogens is 228 g/mol. The molecule has 5 heteroatoms. The second-order valence-electron chi connectivity index (χ2n) is 4.54. The zero-order chi connectivity index (χ0) is 12.8. The Balaban J connectivity index is 1.78. The Kier molecular flexibility index (Phi) is 4.52. The predicted molar refractivity (Wildman–Crippen MR) is 71.0 cm³/mol. The van der Waals surface area contributed by atoms with Crippen molar-refractivity contribution in [3.05, 3.63) is 24.0 Å². The first-order chi connectivity index (χ1) is 8.75. The minimum Gasteiger partial charge on any atom is -0.492 e. The fourth-order valence-corrected chi connectivity index (χ4v) is 2.12. The smallest absolute Gasteiger partial charge is 0.141 e. The fourth-order valence-electron chi connectivity index (χ4n) is 2.12. The Morgan fingerprint density at radius 3 is 2.89 bits per heavy atom. The van der Waals surface area contributed by atoms with E-state index in [0.717, 1.165) is 12.3 Å². The van der Waals surface area contributed by atoms with Crippen molar-refractivity contribution < 1.29 is 4.74 Å². The normalized spacial score (nSPS) is 16.4. The lowest BCUT2D eigenvalue weighted by Crippen LogP contribution is -2.33. The van der Waals surface area contributed by atoms with Crippen LogP contribution in [0.5, 0.6) is 5.75 Å². The number of nitrogens with two attached hydrogens (primary N) is 1. The van der Waals surface area contributed by atoms with Gasteiger partial charge in [-0.05, 0) is 32.0 Å². The molecule has 98 valence electrons. The van der Waals surface area contributed by atoms with Gasteiger partial charge in [0.15, 0.2) is 0 Å². The van der Waals surface area contributed by atoms with E-state index in [4.69, 9.17) is 15.9 Å². The minimum absolute atomic E-state index is 0.0310. The summed E-state index contributed by atoms with van der Waals surface area (Å²) in [7, 11) is 0. The number of hydrogen-bond donors (Lipinski definition) is 2. The first-order valence-electron chi connectivity index (χ1n) is 6.41. The van der Waals surface area contributed by atoms with Crippen LogP contribution in [-0.4, -0.2) is 42.0 Å². The predicted octanol–water partition coefficient (Wildman–Crippen LogP) is 1.23. The highest BCUT2D eigenvalue weighted by atomic mass is 16.5. The molecule has 1 saturated heterocycles. The molecule has 0 aliphatic carbocycles. The molecule has 1 aromatic heterocycles. The first-order valence-corrected chi connectivity index (χ1v) is 6.41. The molecule has 0 atom stereocenters. The van der Waals surface area contributed by atoms with Gasteiger partial charge in [0, 0.05) is 18.8 Å². The average Bonchev–Trinajstić information content (AvgIpc) is 2.40. The van der Waals surface area contributed by atoms with Crippen molar-refractivity contribution in [3.63, 3.8) is 0 Å². The quantitative estimate of drug-likeness (QED) is 0.607. The van der Waals surface area contributed by atoms with Gasteiger partial charge in [-0.25, -0.2) is 0 Å². The number of ether oxygens (including phenoxy) is 1. The third kappa shape index (κ3) is 3.70. The Bertz CT molecular complexity index is 402. The van der Waals surface area contributed by atoms with Crippen molar-refractivity contribution in [2.45, 2.75) is 19.3 Å². The lowest BCUT2D eigenvalue weighted by molar-refractivity contribution is 0.183. The van der Waals surface area contributed by atoms with Gasteiger partial charge in [0.25, 0.3) is 0 Å². The van der Waals surface area contributed by atoms with Gasteiger partial charge in [0.05, 0.1) is 0 Å². The van der Waals surface area contributed by atoms with Crippen LogP contribution in [0.25, 0.3) is 0 Å². The average molecular weight is 248 g/mol. The van der Waals surface area contributed by atoms with Crippen LogP contribution >= 0.6 is 0 Å². The van der Waals surface area contributed by atoms with E-state index in [-0.39, 0.29) is 5.84 Å². The van der Waals surface area contributed by atoms with Gasteiger partial charge >= 0.3 is 0 Å². The van der Waals surface area contributed by atoms with Gasteiger partial charge in [0.1, 0.15) is 23.9 Å². The number of piperidine rings is 1. The van der Waals surface area contributed by atoms with E-state index in [9.17, 15) is 0 Å². The molecule has 2 rings (SSSR count). The molecule has 0 radical (unpaired) electrons. The van der Waals surface area contributed by atoms with Crippen LogP contribution in [0, 0.1) is 5.41 Å². The number of hydrogen-bond acceptors (Lipinski definition) is 4. The zero-order valence-corrected chi connectivity index (χ0v) is 10.6. The van der Waals surface area contributed by atoms with E-state index in [1.54, 1.807) is 18.3 Å². The third-order valence-electron chi connectivity index (χ3n) is 3.13. The maximum absolute atomic E-state index is 7.32. The van der Waals surface area contributed by atoms with E-state index >= 15 is 0 Å². The van der Waals surface area contributed by atoms with Crippen LogP contribution in [0.4, 0.5) is 0 Å². The fraction of sp³-hybridized carbons (Fsp3) is 0.538. The topological polar surface area (TPSA) is 75.2 Å². The second kappa shape index (κ2) is 6.35. The summed E-state index contributed by atoms with van der Waals surface area (Å²) in [4.78, 5) is 6.42. The van der Waals surface area contributed by atoms with Crippen LogP contribution in [0.15, 0.2) is 18.3 Å². The van der Waals surface area contributed by atoms with Crippen molar-refractivity contribution in [1.82, 2.24) is 9.88 Å². The zero-order valence-electron chi connectivity index (χ0n) is 10.6. The molecule has 0 bridgehead atoms. The molecule has 1 fully saturated rings. The maximum atomic E-state index is 7.32. The van der Waals surface area contributed by atoms with E-state index in [1.165, 1.54) is 32.4 Å². The van der Waals surface area contributed by atoms with E-state index in [2.05, 4.69) is 9.88 Å². The van der Waals surface area contributed by atoms with Crippen LogP contribution in [-0.2, 0) is 0 Å². The van der Waals surface area contributed by atoms with Gasteiger partial charge in [-0.2, -0.15) is 0 Å². The highest BCUT2D eigenvalue weighted by molar-refractivity contribution is 5.93. The number of rotatable bonds is 5. The number of nitrogen functional groups attached to an aromatic ring is 1. The number of aromatic nitrogens is 1. The first kappa shape index (κ1) is 12.8. The summed E-state index contributed by atoms with van der Waals surface area (Å²) in [6.45, 7) is 3.98. The summed E-state index contributed by atoms with van der Waals surface area (Å²) in [5, 5.41) is 7.32. The van der Waals surface area contributed by atoms with E-state index in [0.29, 0.717) is 12.3 Å². The summed E-state index contributed by atoms with van der Waals surface area (Å²) in [5.74, 6) is 0.698. The van der Waals surface area contributed by atoms with Crippen molar-refractivity contribution in [1.29, 1.82) is 5.41 Å². The van der Waals surface area contributed by atoms with Gasteiger partial charge in [-0.15, -0.1) is 0 Å². The summed E-state index contributed by atoms with van der Waals surface area (Å²) in [5.41, 5.74) is 5.85. The molecule has 1 aliphatic heterocycles. The summed E-state index contributed by atoms with van der Waals surface area (Å²) < 4.78 is 5.67. The molecule has 3 N–H and O–H groups in total. The van der Waals surface area contributed by atoms with E-state index in [1.807, 2.05) is 0 Å². The molecule has 0 spiro atoms. The molecular formula is C13H20N4O. The Morgan fingerprint density at radius 1 is 1.39 bits per heavy atom. The summed E-state index contributed by atoms with van der Waals surface area (Å²) in [6, 6.07) is 3.50. The van der Waals surface area contributed by atoms with Crippen molar-refractivity contribution in [2.24, 2.45) is 5.73 Å². The number of amidine groups is 1. The SMILES string of the molecule is N=C(N)c1cc(OCCN2CCCCC2)ccn1. The van der Waals surface area contributed by atoms with Gasteiger partial charge in [-0.3, -0.25) is 15.3 Å². The van der Waals surface area contributed by atoms with Gasteiger partial charge in [-0.1, -0.05) is 6.42 Å².